The minimum atomic E-state index is 0.0714. The van der Waals surface area contributed by atoms with Crippen LogP contribution in [0.1, 0.15) is 0 Å². The maximum atomic E-state index is 9.22. The van der Waals surface area contributed by atoms with Gasteiger partial charge in [0.25, 0.3) is 0 Å². The van der Waals surface area contributed by atoms with Crippen molar-refractivity contribution in [1.82, 2.24) is 4.57 Å². The number of nitrogen functional groups attached to an aromatic ring is 2. The molecule has 0 aliphatic heterocycles. The van der Waals surface area contributed by atoms with Gasteiger partial charge in [-0.05, 0) is 18.2 Å². The Bertz CT molecular complexity index is 731. The van der Waals surface area contributed by atoms with Crippen LogP contribution in [0.25, 0.3) is 21.8 Å². The largest absolute Gasteiger partial charge is 0.398 e. The van der Waals surface area contributed by atoms with Crippen LogP contribution in [0.5, 0.6) is 0 Å². The fourth-order valence-corrected chi connectivity index (χ4v) is 2.57. The topological polar surface area (TPSA) is 77.2 Å². The molecule has 0 atom stereocenters. The van der Waals surface area contributed by atoms with Crippen molar-refractivity contribution < 1.29 is 5.11 Å². The molecule has 0 bridgehead atoms. The number of nitrogens with two attached hydrogens (primary N) is 2. The number of aliphatic hydroxyl groups is 1. The SMILES string of the molecule is Nc1ccc(N)c2c1c1ccccc1n2CCO. The molecule has 0 fully saturated rings. The summed E-state index contributed by atoms with van der Waals surface area (Å²) in [6, 6.07) is 11.6. The van der Waals surface area contributed by atoms with Crippen LogP contribution in [0.15, 0.2) is 36.4 Å². The average Bonchev–Trinajstić information content (AvgIpc) is 2.71. The van der Waals surface area contributed by atoms with E-state index in [9.17, 15) is 5.11 Å². The summed E-state index contributed by atoms with van der Waals surface area (Å²) in [6.07, 6.45) is 0. The number of benzene rings is 2. The lowest BCUT2D eigenvalue weighted by Crippen LogP contribution is -2.03. The Labute approximate surface area is 104 Å². The number of anilines is 2. The summed E-state index contributed by atoms with van der Waals surface area (Å²) in [7, 11) is 0. The van der Waals surface area contributed by atoms with E-state index in [2.05, 4.69) is 0 Å². The second-order valence-corrected chi connectivity index (χ2v) is 4.36. The number of fused-ring (bicyclic) bond motifs is 3. The number of aliphatic hydroxyl groups excluding tert-OH is 1. The lowest BCUT2D eigenvalue weighted by atomic mass is 10.1. The van der Waals surface area contributed by atoms with Gasteiger partial charge in [0.2, 0.25) is 0 Å². The first-order valence-corrected chi connectivity index (χ1v) is 5.90. The number of hydrogen-bond acceptors (Lipinski definition) is 3. The van der Waals surface area contributed by atoms with E-state index < -0.39 is 0 Å². The third-order valence-corrected chi connectivity index (χ3v) is 3.30. The molecule has 92 valence electrons. The highest BCUT2D eigenvalue weighted by atomic mass is 16.3. The summed E-state index contributed by atoms with van der Waals surface area (Å²) in [4.78, 5) is 0. The number of aromatic nitrogens is 1. The third-order valence-electron chi connectivity index (χ3n) is 3.30. The van der Waals surface area contributed by atoms with Gasteiger partial charge in [-0.3, -0.25) is 0 Å². The summed E-state index contributed by atoms with van der Waals surface area (Å²) in [6.45, 7) is 0.583. The number of rotatable bonds is 2. The highest BCUT2D eigenvalue weighted by Crippen LogP contribution is 2.35. The van der Waals surface area contributed by atoms with Crippen LogP contribution in [0.2, 0.25) is 0 Å². The van der Waals surface area contributed by atoms with Crippen molar-refractivity contribution >= 4 is 33.2 Å². The van der Waals surface area contributed by atoms with Gasteiger partial charge in [0.05, 0.1) is 17.8 Å². The van der Waals surface area contributed by atoms with E-state index in [1.54, 1.807) is 0 Å². The fourth-order valence-electron chi connectivity index (χ4n) is 2.57. The Morgan fingerprint density at radius 2 is 1.72 bits per heavy atom. The molecule has 18 heavy (non-hydrogen) atoms. The molecule has 1 aromatic heterocycles. The maximum absolute atomic E-state index is 9.22. The zero-order chi connectivity index (χ0) is 12.7. The Morgan fingerprint density at radius 3 is 2.50 bits per heavy atom. The van der Waals surface area contributed by atoms with Crippen molar-refractivity contribution in [3.63, 3.8) is 0 Å². The second-order valence-electron chi connectivity index (χ2n) is 4.36. The van der Waals surface area contributed by atoms with Gasteiger partial charge in [-0.2, -0.15) is 0 Å². The predicted octanol–water partition coefficient (Wildman–Crippen LogP) is 1.95. The van der Waals surface area contributed by atoms with Gasteiger partial charge in [-0.1, -0.05) is 18.2 Å². The van der Waals surface area contributed by atoms with Crippen LogP contribution in [0.4, 0.5) is 11.4 Å². The van der Waals surface area contributed by atoms with Crippen molar-refractivity contribution in [2.45, 2.75) is 6.54 Å². The van der Waals surface area contributed by atoms with E-state index in [1.807, 2.05) is 41.0 Å². The van der Waals surface area contributed by atoms with E-state index in [0.717, 1.165) is 21.8 Å². The molecular weight excluding hydrogens is 226 g/mol. The van der Waals surface area contributed by atoms with Crippen molar-refractivity contribution in [3.05, 3.63) is 36.4 Å². The smallest absolute Gasteiger partial charge is 0.0746 e. The van der Waals surface area contributed by atoms with Crippen molar-refractivity contribution in [2.24, 2.45) is 0 Å². The third kappa shape index (κ3) is 1.36. The van der Waals surface area contributed by atoms with Gasteiger partial charge in [0.1, 0.15) is 0 Å². The Balaban J connectivity index is 2.58. The highest BCUT2D eigenvalue weighted by molar-refractivity contribution is 6.16. The standard InChI is InChI=1S/C14H15N3O/c15-10-5-6-11(16)14-13(10)9-3-1-2-4-12(9)17(14)7-8-18/h1-6,18H,7-8,15-16H2. The first kappa shape index (κ1) is 10.9. The van der Waals surface area contributed by atoms with Crippen molar-refractivity contribution in [3.8, 4) is 0 Å². The van der Waals surface area contributed by atoms with Crippen molar-refractivity contribution in [2.75, 3.05) is 18.1 Å². The zero-order valence-electron chi connectivity index (χ0n) is 9.93. The van der Waals surface area contributed by atoms with E-state index in [-0.39, 0.29) is 6.61 Å². The first-order valence-electron chi connectivity index (χ1n) is 5.90. The first-order chi connectivity index (χ1) is 8.74. The molecule has 5 N–H and O–H groups in total. The molecule has 0 amide bonds. The molecule has 0 aliphatic rings. The second kappa shape index (κ2) is 3.92. The number of hydrogen-bond donors (Lipinski definition) is 3. The van der Waals surface area contributed by atoms with Crippen LogP contribution in [-0.4, -0.2) is 16.3 Å². The minimum Gasteiger partial charge on any atom is -0.398 e. The molecule has 0 aliphatic carbocycles. The summed E-state index contributed by atoms with van der Waals surface area (Å²) in [5.41, 5.74) is 15.5. The lowest BCUT2D eigenvalue weighted by Gasteiger charge is -2.07. The van der Waals surface area contributed by atoms with Crippen LogP contribution in [0.3, 0.4) is 0 Å². The molecule has 0 spiro atoms. The zero-order valence-corrected chi connectivity index (χ0v) is 9.93. The van der Waals surface area contributed by atoms with Crippen LogP contribution >= 0.6 is 0 Å². The lowest BCUT2D eigenvalue weighted by molar-refractivity contribution is 0.280. The monoisotopic (exact) mass is 241 g/mol. The van der Waals surface area contributed by atoms with E-state index in [4.69, 9.17) is 11.5 Å². The van der Waals surface area contributed by atoms with Gasteiger partial charge >= 0.3 is 0 Å². The number of nitrogens with zero attached hydrogens (tertiary/aromatic N) is 1. The Morgan fingerprint density at radius 1 is 1.00 bits per heavy atom. The average molecular weight is 241 g/mol. The quantitative estimate of drug-likeness (QED) is 0.600. The minimum absolute atomic E-state index is 0.0714. The molecule has 4 nitrogen and oxygen atoms in total. The molecule has 3 aromatic rings. The molecule has 0 saturated carbocycles. The molecule has 2 aromatic carbocycles. The fraction of sp³-hybridized carbons (Fsp3) is 0.143. The van der Waals surface area contributed by atoms with Gasteiger partial charge < -0.3 is 21.1 Å². The maximum Gasteiger partial charge on any atom is 0.0746 e. The predicted molar refractivity (Wildman–Crippen MR) is 75.4 cm³/mol. The van der Waals surface area contributed by atoms with Gasteiger partial charge in [0.15, 0.2) is 0 Å². The van der Waals surface area contributed by atoms with Crippen LogP contribution in [0, 0.1) is 0 Å². The highest BCUT2D eigenvalue weighted by Gasteiger charge is 2.14. The Kier molecular flexibility index (Phi) is 2.38. The normalized spacial score (nSPS) is 11.4. The summed E-state index contributed by atoms with van der Waals surface area (Å²) < 4.78 is 2.02. The summed E-state index contributed by atoms with van der Waals surface area (Å²) in [5, 5.41) is 11.3. The van der Waals surface area contributed by atoms with Crippen LogP contribution < -0.4 is 11.5 Å². The van der Waals surface area contributed by atoms with Gasteiger partial charge in [0, 0.05) is 28.5 Å². The van der Waals surface area contributed by atoms with E-state index >= 15 is 0 Å². The molecule has 3 rings (SSSR count). The number of para-hydroxylation sites is 1. The summed E-state index contributed by atoms with van der Waals surface area (Å²) in [5.74, 6) is 0. The molecule has 1 heterocycles. The molecule has 0 unspecified atom stereocenters. The van der Waals surface area contributed by atoms with Gasteiger partial charge in [-0.15, -0.1) is 0 Å². The van der Waals surface area contributed by atoms with E-state index in [0.29, 0.717) is 17.9 Å². The molecule has 4 heteroatoms. The summed E-state index contributed by atoms with van der Waals surface area (Å²) >= 11 is 0. The van der Waals surface area contributed by atoms with Gasteiger partial charge in [-0.25, -0.2) is 0 Å². The molecule has 0 radical (unpaired) electrons. The van der Waals surface area contributed by atoms with E-state index in [1.165, 1.54) is 0 Å². The molecule has 0 saturated heterocycles. The Hall–Kier alpha value is -2.20. The van der Waals surface area contributed by atoms with Crippen LogP contribution in [-0.2, 0) is 6.54 Å². The van der Waals surface area contributed by atoms with Crippen molar-refractivity contribution in [1.29, 1.82) is 0 Å². The molecular formula is C14H15N3O.